The zero-order chi connectivity index (χ0) is 16.2. The van der Waals surface area contributed by atoms with E-state index < -0.39 is 0 Å². The van der Waals surface area contributed by atoms with Crippen LogP contribution in [0.2, 0.25) is 0 Å². The third kappa shape index (κ3) is 7.83. The van der Waals surface area contributed by atoms with Crippen molar-refractivity contribution in [3.8, 4) is 5.75 Å². The number of guanidine groups is 1. The van der Waals surface area contributed by atoms with Gasteiger partial charge in [-0.25, -0.2) is 4.39 Å². The number of hydrogen-bond donors (Lipinski definition) is 2. The number of nitrogens with zero attached hydrogens (tertiary/aromatic N) is 1. The lowest BCUT2D eigenvalue weighted by Crippen LogP contribution is -2.44. The van der Waals surface area contributed by atoms with Gasteiger partial charge in [-0.05, 0) is 44.0 Å². The van der Waals surface area contributed by atoms with Crippen molar-refractivity contribution in [3.05, 3.63) is 30.1 Å². The average molecular weight is 311 g/mol. The van der Waals surface area contributed by atoms with Crippen molar-refractivity contribution in [2.75, 3.05) is 33.9 Å². The van der Waals surface area contributed by atoms with Gasteiger partial charge in [-0.15, -0.1) is 0 Å². The molecule has 0 radical (unpaired) electrons. The predicted octanol–water partition coefficient (Wildman–Crippen LogP) is 2.18. The summed E-state index contributed by atoms with van der Waals surface area (Å²) in [6.45, 7) is 4.09. The predicted molar refractivity (Wildman–Crippen MR) is 87.0 cm³/mol. The van der Waals surface area contributed by atoms with Crippen LogP contribution < -0.4 is 15.4 Å². The van der Waals surface area contributed by atoms with E-state index in [4.69, 9.17) is 9.47 Å². The summed E-state index contributed by atoms with van der Waals surface area (Å²) in [5, 5.41) is 6.48. The maximum absolute atomic E-state index is 12.7. The lowest BCUT2D eigenvalue weighted by Gasteiger charge is -2.17. The molecule has 6 heteroatoms. The highest BCUT2D eigenvalue weighted by molar-refractivity contribution is 5.79. The van der Waals surface area contributed by atoms with Crippen molar-refractivity contribution in [1.29, 1.82) is 0 Å². The van der Waals surface area contributed by atoms with Gasteiger partial charge in [0.05, 0.1) is 13.2 Å². The van der Waals surface area contributed by atoms with E-state index in [1.807, 2.05) is 6.92 Å². The Morgan fingerprint density at radius 1 is 1.27 bits per heavy atom. The lowest BCUT2D eigenvalue weighted by molar-refractivity contribution is 0.179. The number of hydrogen-bond acceptors (Lipinski definition) is 3. The van der Waals surface area contributed by atoms with Crippen LogP contribution in [0.3, 0.4) is 0 Å². The second kappa shape index (κ2) is 10.8. The Morgan fingerprint density at radius 3 is 2.64 bits per heavy atom. The van der Waals surface area contributed by atoms with E-state index in [9.17, 15) is 4.39 Å². The van der Waals surface area contributed by atoms with E-state index in [1.54, 1.807) is 26.3 Å². The molecule has 0 saturated heterocycles. The Hall–Kier alpha value is -1.82. The zero-order valence-electron chi connectivity index (χ0n) is 13.6. The van der Waals surface area contributed by atoms with E-state index in [2.05, 4.69) is 15.6 Å². The van der Waals surface area contributed by atoms with Gasteiger partial charge < -0.3 is 20.1 Å². The molecular weight excluding hydrogens is 285 g/mol. The third-order valence-corrected chi connectivity index (χ3v) is 2.97. The van der Waals surface area contributed by atoms with Crippen LogP contribution in [-0.2, 0) is 4.74 Å². The van der Waals surface area contributed by atoms with Gasteiger partial charge in [0.1, 0.15) is 11.6 Å². The van der Waals surface area contributed by atoms with E-state index in [1.165, 1.54) is 12.1 Å². The first-order chi connectivity index (χ1) is 10.7. The minimum absolute atomic E-state index is 0.206. The molecule has 0 aromatic heterocycles. The SMILES string of the molecule is CN=C(NCCCCOc1ccc(F)cc1)NC(C)COC. The van der Waals surface area contributed by atoms with Crippen molar-refractivity contribution in [2.45, 2.75) is 25.8 Å². The molecule has 1 atom stereocenters. The summed E-state index contributed by atoms with van der Waals surface area (Å²) in [7, 11) is 3.42. The summed E-state index contributed by atoms with van der Waals surface area (Å²) in [5.74, 6) is 1.21. The van der Waals surface area contributed by atoms with Crippen molar-refractivity contribution in [2.24, 2.45) is 4.99 Å². The molecule has 22 heavy (non-hydrogen) atoms. The Bertz CT molecular complexity index is 438. The zero-order valence-corrected chi connectivity index (χ0v) is 13.6. The Balaban J connectivity index is 2.10. The van der Waals surface area contributed by atoms with Gasteiger partial charge in [-0.3, -0.25) is 4.99 Å². The highest BCUT2D eigenvalue weighted by Gasteiger charge is 2.03. The van der Waals surface area contributed by atoms with Crippen LogP contribution in [0.1, 0.15) is 19.8 Å². The normalized spacial score (nSPS) is 12.8. The van der Waals surface area contributed by atoms with Crippen molar-refractivity contribution < 1.29 is 13.9 Å². The Labute approximate surface area is 131 Å². The molecule has 0 bridgehead atoms. The number of unbranched alkanes of at least 4 members (excludes halogenated alkanes) is 1. The minimum Gasteiger partial charge on any atom is -0.494 e. The molecule has 0 aliphatic heterocycles. The monoisotopic (exact) mass is 311 g/mol. The fourth-order valence-corrected chi connectivity index (χ4v) is 1.87. The number of halogens is 1. The minimum atomic E-state index is -0.252. The van der Waals surface area contributed by atoms with Crippen LogP contribution in [-0.4, -0.2) is 45.9 Å². The number of rotatable bonds is 9. The summed E-state index contributed by atoms with van der Waals surface area (Å²) in [5.41, 5.74) is 0. The average Bonchev–Trinajstić information content (AvgIpc) is 2.51. The lowest BCUT2D eigenvalue weighted by atomic mass is 10.3. The highest BCUT2D eigenvalue weighted by atomic mass is 19.1. The Morgan fingerprint density at radius 2 is 2.00 bits per heavy atom. The summed E-state index contributed by atoms with van der Waals surface area (Å²) in [6, 6.07) is 6.27. The second-order valence-electron chi connectivity index (χ2n) is 5.01. The molecule has 5 nitrogen and oxygen atoms in total. The van der Waals surface area contributed by atoms with Gasteiger partial charge in [-0.1, -0.05) is 0 Å². The molecule has 0 heterocycles. The summed E-state index contributed by atoms with van der Waals surface area (Å²) >= 11 is 0. The molecule has 0 fully saturated rings. The van der Waals surface area contributed by atoms with Gasteiger partial charge in [0, 0.05) is 26.7 Å². The molecule has 1 aromatic rings. The van der Waals surface area contributed by atoms with E-state index in [0.717, 1.165) is 25.3 Å². The molecular formula is C16H26FN3O2. The maximum Gasteiger partial charge on any atom is 0.191 e. The first kappa shape index (κ1) is 18.2. The topological polar surface area (TPSA) is 54.9 Å². The highest BCUT2D eigenvalue weighted by Crippen LogP contribution is 2.11. The summed E-state index contributed by atoms with van der Waals surface area (Å²) in [4.78, 5) is 4.16. The second-order valence-corrected chi connectivity index (χ2v) is 5.01. The molecule has 0 aliphatic carbocycles. The maximum atomic E-state index is 12.7. The smallest absolute Gasteiger partial charge is 0.191 e. The van der Waals surface area contributed by atoms with Gasteiger partial charge in [-0.2, -0.15) is 0 Å². The number of ether oxygens (including phenoxy) is 2. The van der Waals surface area contributed by atoms with E-state index >= 15 is 0 Å². The number of aliphatic imine (C=N–C) groups is 1. The quantitative estimate of drug-likeness (QED) is 0.417. The fraction of sp³-hybridized carbons (Fsp3) is 0.562. The van der Waals surface area contributed by atoms with Crippen LogP contribution in [0.25, 0.3) is 0 Å². The van der Waals surface area contributed by atoms with Crippen molar-refractivity contribution in [3.63, 3.8) is 0 Å². The molecule has 1 rings (SSSR count). The van der Waals surface area contributed by atoms with Crippen LogP contribution in [0.15, 0.2) is 29.3 Å². The summed E-state index contributed by atoms with van der Waals surface area (Å²) < 4.78 is 23.3. The molecule has 0 spiro atoms. The number of nitrogens with one attached hydrogen (secondary N) is 2. The third-order valence-electron chi connectivity index (χ3n) is 2.97. The fourth-order valence-electron chi connectivity index (χ4n) is 1.87. The molecule has 2 N–H and O–H groups in total. The molecule has 0 saturated carbocycles. The standard InChI is InChI=1S/C16H26FN3O2/c1-13(12-21-3)20-16(18-2)19-10-4-5-11-22-15-8-6-14(17)7-9-15/h6-9,13H,4-5,10-12H2,1-3H3,(H2,18,19,20). The first-order valence-electron chi connectivity index (χ1n) is 7.50. The largest absolute Gasteiger partial charge is 0.494 e. The van der Waals surface area contributed by atoms with E-state index in [-0.39, 0.29) is 11.9 Å². The van der Waals surface area contributed by atoms with Gasteiger partial charge in [0.15, 0.2) is 5.96 Å². The first-order valence-corrected chi connectivity index (χ1v) is 7.50. The van der Waals surface area contributed by atoms with Crippen molar-refractivity contribution >= 4 is 5.96 Å². The van der Waals surface area contributed by atoms with Crippen molar-refractivity contribution in [1.82, 2.24) is 10.6 Å². The molecule has 1 unspecified atom stereocenters. The number of methoxy groups -OCH3 is 1. The molecule has 0 aliphatic rings. The van der Waals surface area contributed by atoms with Crippen LogP contribution in [0.5, 0.6) is 5.75 Å². The Kier molecular flexibility index (Phi) is 8.98. The van der Waals surface area contributed by atoms with Gasteiger partial charge in [0.2, 0.25) is 0 Å². The van der Waals surface area contributed by atoms with Gasteiger partial charge >= 0.3 is 0 Å². The van der Waals surface area contributed by atoms with Crippen LogP contribution >= 0.6 is 0 Å². The molecule has 124 valence electrons. The number of benzene rings is 1. The van der Waals surface area contributed by atoms with E-state index in [0.29, 0.717) is 19.0 Å². The van der Waals surface area contributed by atoms with Gasteiger partial charge in [0.25, 0.3) is 0 Å². The summed E-state index contributed by atoms with van der Waals surface area (Å²) in [6.07, 6.45) is 1.87. The molecule has 1 aromatic carbocycles. The van der Waals surface area contributed by atoms with Crippen LogP contribution in [0, 0.1) is 5.82 Å². The van der Waals surface area contributed by atoms with Crippen LogP contribution in [0.4, 0.5) is 4.39 Å². The molecule has 0 amide bonds.